The molecule has 0 aliphatic rings. The first kappa shape index (κ1) is 18.0. The average Bonchev–Trinajstić information content (AvgIpc) is 2.38. The third-order valence-corrected chi connectivity index (χ3v) is 2.91. The lowest BCUT2D eigenvalue weighted by atomic mass is 10.1. The van der Waals surface area contributed by atoms with Gasteiger partial charge in [-0.1, -0.05) is 12.1 Å². The summed E-state index contributed by atoms with van der Waals surface area (Å²) >= 11 is 0. The molecule has 122 valence electrons. The van der Waals surface area contributed by atoms with Crippen LogP contribution in [0.1, 0.15) is 41.0 Å². The second-order valence-corrected chi connectivity index (χ2v) is 6.12. The van der Waals surface area contributed by atoms with E-state index in [1.165, 1.54) is 6.92 Å². The molecular weight excluding hydrogens is 280 g/mol. The molecule has 1 rings (SSSR count). The van der Waals surface area contributed by atoms with Crippen molar-refractivity contribution in [3.8, 4) is 5.75 Å². The Morgan fingerprint density at radius 2 is 1.86 bits per heavy atom. The summed E-state index contributed by atoms with van der Waals surface area (Å²) in [7, 11) is 0. The Hall–Kier alpha value is -2.04. The number of rotatable bonds is 6. The normalized spacial score (nSPS) is 11.0. The van der Waals surface area contributed by atoms with E-state index in [-0.39, 0.29) is 23.8 Å². The van der Waals surface area contributed by atoms with E-state index in [1.807, 2.05) is 52.0 Å². The van der Waals surface area contributed by atoms with Gasteiger partial charge in [-0.25, -0.2) is 0 Å². The Bertz CT molecular complexity index is 521. The Morgan fingerprint density at radius 1 is 1.23 bits per heavy atom. The number of carbonyl (C=O) groups excluding carboxylic acids is 2. The van der Waals surface area contributed by atoms with Gasteiger partial charge in [0.2, 0.25) is 11.8 Å². The molecule has 0 aliphatic carbocycles. The van der Waals surface area contributed by atoms with Gasteiger partial charge in [-0.2, -0.15) is 0 Å². The number of hydrogen-bond donors (Lipinski definition) is 1. The topological polar surface area (TPSA) is 58.6 Å². The van der Waals surface area contributed by atoms with Crippen molar-refractivity contribution in [1.82, 2.24) is 5.32 Å². The molecule has 1 aromatic rings. The molecule has 1 N–H and O–H groups in total. The first-order chi connectivity index (χ1) is 10.2. The summed E-state index contributed by atoms with van der Waals surface area (Å²) in [5.41, 5.74) is 0.418. The summed E-state index contributed by atoms with van der Waals surface area (Å²) < 4.78 is 5.56. The van der Waals surface area contributed by atoms with E-state index in [0.29, 0.717) is 24.6 Å². The van der Waals surface area contributed by atoms with Gasteiger partial charge in [0.05, 0.1) is 12.3 Å². The molecule has 2 amide bonds. The summed E-state index contributed by atoms with van der Waals surface area (Å²) in [4.78, 5) is 25.5. The maximum Gasteiger partial charge on any atom is 0.223 e. The van der Waals surface area contributed by atoms with Gasteiger partial charge in [0.25, 0.3) is 0 Å². The predicted molar refractivity (Wildman–Crippen MR) is 88.2 cm³/mol. The Kier molecular flexibility index (Phi) is 6.40. The van der Waals surface area contributed by atoms with Crippen LogP contribution in [-0.2, 0) is 9.59 Å². The van der Waals surface area contributed by atoms with Gasteiger partial charge in [0.1, 0.15) is 5.75 Å². The smallest absolute Gasteiger partial charge is 0.223 e. The molecular formula is C17H26N2O3. The first-order valence-electron chi connectivity index (χ1n) is 7.55. The Labute approximate surface area is 132 Å². The van der Waals surface area contributed by atoms with Crippen molar-refractivity contribution in [1.29, 1.82) is 0 Å². The zero-order valence-corrected chi connectivity index (χ0v) is 14.1. The van der Waals surface area contributed by atoms with Crippen molar-refractivity contribution < 1.29 is 14.3 Å². The second-order valence-electron chi connectivity index (χ2n) is 6.12. The van der Waals surface area contributed by atoms with Crippen molar-refractivity contribution in [3.63, 3.8) is 0 Å². The molecule has 0 aliphatic heterocycles. The number of benzene rings is 1. The van der Waals surface area contributed by atoms with Crippen LogP contribution in [0.25, 0.3) is 0 Å². The van der Waals surface area contributed by atoms with E-state index in [1.54, 1.807) is 4.90 Å². The molecule has 0 aromatic heterocycles. The van der Waals surface area contributed by atoms with E-state index >= 15 is 0 Å². The van der Waals surface area contributed by atoms with Crippen LogP contribution in [0.4, 0.5) is 5.69 Å². The van der Waals surface area contributed by atoms with Crippen LogP contribution in [0.2, 0.25) is 0 Å². The number of nitrogens with one attached hydrogen (secondary N) is 1. The highest BCUT2D eigenvalue weighted by Gasteiger charge is 2.19. The summed E-state index contributed by atoms with van der Waals surface area (Å²) in [6.45, 7) is 10.0. The number of para-hydroxylation sites is 2. The highest BCUT2D eigenvalue weighted by molar-refractivity contribution is 5.93. The predicted octanol–water partition coefficient (Wildman–Crippen LogP) is 2.74. The summed E-state index contributed by atoms with van der Waals surface area (Å²) in [5, 5.41) is 2.90. The fraction of sp³-hybridized carbons (Fsp3) is 0.529. The average molecular weight is 306 g/mol. The molecule has 0 saturated carbocycles. The lowest BCUT2D eigenvalue weighted by Gasteiger charge is -2.25. The number of nitrogens with zero attached hydrogens (tertiary/aromatic N) is 1. The van der Waals surface area contributed by atoms with Crippen molar-refractivity contribution in [2.45, 2.75) is 46.6 Å². The van der Waals surface area contributed by atoms with Crippen molar-refractivity contribution in [3.05, 3.63) is 24.3 Å². The Balaban J connectivity index is 2.83. The number of amides is 2. The third-order valence-electron chi connectivity index (χ3n) is 2.91. The quantitative estimate of drug-likeness (QED) is 0.879. The minimum Gasteiger partial charge on any atom is -0.492 e. The van der Waals surface area contributed by atoms with E-state index in [4.69, 9.17) is 4.74 Å². The molecule has 0 heterocycles. The SMILES string of the molecule is CCOc1ccccc1N(CCC(=O)NC(C)(C)C)C(C)=O. The number of ether oxygens (including phenoxy) is 1. The Morgan fingerprint density at radius 3 is 2.41 bits per heavy atom. The van der Waals surface area contributed by atoms with Gasteiger partial charge in [0.15, 0.2) is 0 Å². The van der Waals surface area contributed by atoms with Gasteiger partial charge >= 0.3 is 0 Å². The van der Waals surface area contributed by atoms with Gasteiger partial charge in [-0.3, -0.25) is 9.59 Å². The lowest BCUT2D eigenvalue weighted by molar-refractivity contribution is -0.122. The van der Waals surface area contributed by atoms with Crippen LogP contribution in [0.3, 0.4) is 0 Å². The molecule has 0 bridgehead atoms. The molecule has 22 heavy (non-hydrogen) atoms. The van der Waals surface area contributed by atoms with E-state index in [9.17, 15) is 9.59 Å². The van der Waals surface area contributed by atoms with Crippen molar-refractivity contribution in [2.75, 3.05) is 18.1 Å². The monoisotopic (exact) mass is 306 g/mol. The lowest BCUT2D eigenvalue weighted by Crippen LogP contribution is -2.42. The fourth-order valence-corrected chi connectivity index (χ4v) is 2.10. The van der Waals surface area contributed by atoms with E-state index in [2.05, 4.69) is 5.32 Å². The maximum absolute atomic E-state index is 11.9. The molecule has 5 nitrogen and oxygen atoms in total. The molecule has 0 spiro atoms. The van der Waals surface area contributed by atoms with Gasteiger partial charge in [-0.05, 0) is 39.8 Å². The van der Waals surface area contributed by atoms with E-state index in [0.717, 1.165) is 0 Å². The van der Waals surface area contributed by atoms with E-state index < -0.39 is 0 Å². The summed E-state index contributed by atoms with van der Waals surface area (Å²) in [6, 6.07) is 7.36. The van der Waals surface area contributed by atoms with Crippen LogP contribution in [0, 0.1) is 0 Å². The largest absolute Gasteiger partial charge is 0.492 e. The third kappa shape index (κ3) is 5.76. The van der Waals surface area contributed by atoms with Crippen LogP contribution < -0.4 is 15.0 Å². The number of hydrogen-bond acceptors (Lipinski definition) is 3. The summed E-state index contributed by atoms with van der Waals surface area (Å²) in [6.07, 6.45) is 0.247. The van der Waals surface area contributed by atoms with Crippen LogP contribution >= 0.6 is 0 Å². The number of carbonyl (C=O) groups is 2. The van der Waals surface area contributed by atoms with Gasteiger partial charge in [-0.15, -0.1) is 0 Å². The molecule has 1 aromatic carbocycles. The summed E-state index contributed by atoms with van der Waals surface area (Å²) in [5.74, 6) is 0.458. The molecule has 0 saturated heterocycles. The highest BCUT2D eigenvalue weighted by atomic mass is 16.5. The van der Waals surface area contributed by atoms with Crippen LogP contribution in [0.5, 0.6) is 5.75 Å². The van der Waals surface area contributed by atoms with Crippen LogP contribution in [-0.4, -0.2) is 30.5 Å². The van der Waals surface area contributed by atoms with Gasteiger partial charge < -0.3 is 15.0 Å². The standard InChI is InChI=1S/C17H26N2O3/c1-6-22-15-10-8-7-9-14(15)19(13(2)20)12-11-16(21)18-17(3,4)5/h7-10H,6,11-12H2,1-5H3,(H,18,21). The fourth-order valence-electron chi connectivity index (χ4n) is 2.10. The van der Waals surface area contributed by atoms with Gasteiger partial charge in [0, 0.05) is 25.4 Å². The minimum absolute atomic E-state index is 0.0763. The highest BCUT2D eigenvalue weighted by Crippen LogP contribution is 2.28. The molecule has 5 heteroatoms. The molecule has 0 fully saturated rings. The molecule has 0 atom stereocenters. The zero-order valence-electron chi connectivity index (χ0n) is 14.1. The van der Waals surface area contributed by atoms with Crippen molar-refractivity contribution in [2.24, 2.45) is 0 Å². The number of anilines is 1. The first-order valence-corrected chi connectivity index (χ1v) is 7.55. The van der Waals surface area contributed by atoms with Crippen molar-refractivity contribution >= 4 is 17.5 Å². The zero-order chi connectivity index (χ0) is 16.8. The molecule has 0 unspecified atom stereocenters. The maximum atomic E-state index is 11.9. The molecule has 0 radical (unpaired) electrons. The second kappa shape index (κ2) is 7.82. The minimum atomic E-state index is -0.276. The van der Waals surface area contributed by atoms with Crippen LogP contribution in [0.15, 0.2) is 24.3 Å².